The van der Waals surface area contributed by atoms with Crippen LogP contribution in [0.3, 0.4) is 0 Å². The Bertz CT molecular complexity index is 353. The van der Waals surface area contributed by atoms with Gasteiger partial charge < -0.3 is 4.90 Å². The standard InChI is InChI=1S/C15H25N2O/c1-4-9-17(10-5-2)15(18)8-13-16-11-6-14(3)7-12-16/h6-7,11-12H,4-5,8-10,13H2,1-3H3/q+1. The summed E-state index contributed by atoms with van der Waals surface area (Å²) < 4.78 is 2.07. The number of carbonyl (C=O) groups excluding carboxylic acids is 1. The first-order valence-corrected chi connectivity index (χ1v) is 6.90. The third-order valence-electron chi connectivity index (χ3n) is 2.98. The fourth-order valence-electron chi connectivity index (χ4n) is 1.96. The molecule has 0 aliphatic rings. The molecule has 0 aliphatic heterocycles. The first-order chi connectivity index (χ1) is 8.67. The van der Waals surface area contributed by atoms with E-state index in [0.717, 1.165) is 32.5 Å². The van der Waals surface area contributed by atoms with Crippen molar-refractivity contribution in [2.45, 2.75) is 46.6 Å². The lowest BCUT2D eigenvalue weighted by atomic mass is 10.3. The van der Waals surface area contributed by atoms with E-state index >= 15 is 0 Å². The number of aryl methyl sites for hydroxylation is 2. The number of carbonyl (C=O) groups is 1. The Kier molecular flexibility index (Phi) is 6.40. The quantitative estimate of drug-likeness (QED) is 0.681. The Labute approximate surface area is 110 Å². The van der Waals surface area contributed by atoms with Crippen LogP contribution in [0.1, 0.15) is 38.7 Å². The highest BCUT2D eigenvalue weighted by molar-refractivity contribution is 5.75. The second kappa shape index (κ2) is 7.85. The molecule has 1 aromatic rings. The van der Waals surface area contributed by atoms with Crippen molar-refractivity contribution in [3.8, 4) is 0 Å². The van der Waals surface area contributed by atoms with Crippen molar-refractivity contribution >= 4 is 5.91 Å². The molecule has 0 atom stereocenters. The van der Waals surface area contributed by atoms with Gasteiger partial charge in [0.25, 0.3) is 0 Å². The van der Waals surface area contributed by atoms with Gasteiger partial charge in [-0.15, -0.1) is 0 Å². The molecule has 1 aromatic heterocycles. The highest BCUT2D eigenvalue weighted by Crippen LogP contribution is 1.99. The molecule has 1 amide bonds. The van der Waals surface area contributed by atoms with Gasteiger partial charge >= 0.3 is 0 Å². The van der Waals surface area contributed by atoms with Crippen LogP contribution in [0.15, 0.2) is 24.5 Å². The maximum Gasteiger partial charge on any atom is 0.228 e. The maximum absolute atomic E-state index is 12.1. The van der Waals surface area contributed by atoms with Crippen LogP contribution < -0.4 is 4.57 Å². The smallest absolute Gasteiger partial charge is 0.228 e. The molecule has 3 nitrogen and oxygen atoms in total. The number of pyridine rings is 1. The molecule has 0 spiro atoms. The monoisotopic (exact) mass is 249 g/mol. The van der Waals surface area contributed by atoms with E-state index in [0.29, 0.717) is 6.42 Å². The molecule has 1 heterocycles. The predicted octanol–water partition coefficient (Wildman–Crippen LogP) is 2.32. The van der Waals surface area contributed by atoms with Gasteiger partial charge in [-0.2, -0.15) is 0 Å². The van der Waals surface area contributed by atoms with Crippen LogP contribution in [-0.4, -0.2) is 23.9 Å². The fraction of sp³-hybridized carbons (Fsp3) is 0.600. The van der Waals surface area contributed by atoms with Crippen molar-refractivity contribution < 1.29 is 9.36 Å². The molecule has 0 unspecified atom stereocenters. The van der Waals surface area contributed by atoms with Crippen LogP contribution in [0.5, 0.6) is 0 Å². The van der Waals surface area contributed by atoms with E-state index in [2.05, 4.69) is 37.5 Å². The van der Waals surface area contributed by atoms with Gasteiger partial charge in [0.1, 0.15) is 0 Å². The molecule has 18 heavy (non-hydrogen) atoms. The van der Waals surface area contributed by atoms with Crippen molar-refractivity contribution in [2.75, 3.05) is 13.1 Å². The second-order valence-corrected chi connectivity index (χ2v) is 4.74. The summed E-state index contributed by atoms with van der Waals surface area (Å²) in [5.74, 6) is 0.270. The Hall–Kier alpha value is -1.38. The number of amides is 1. The molecule has 3 heteroatoms. The molecule has 0 bridgehead atoms. The van der Waals surface area contributed by atoms with Crippen LogP contribution in [-0.2, 0) is 11.3 Å². The van der Waals surface area contributed by atoms with E-state index in [1.165, 1.54) is 5.56 Å². The van der Waals surface area contributed by atoms with E-state index in [1.807, 2.05) is 17.3 Å². The Morgan fingerprint density at radius 2 is 1.72 bits per heavy atom. The third kappa shape index (κ3) is 4.86. The zero-order chi connectivity index (χ0) is 13.4. The molecule has 0 saturated heterocycles. The van der Waals surface area contributed by atoms with Crippen LogP contribution in [0.25, 0.3) is 0 Å². The SMILES string of the molecule is CCCN(CCC)C(=O)CC[n+]1ccc(C)cc1. The number of nitrogens with zero attached hydrogens (tertiary/aromatic N) is 2. The maximum atomic E-state index is 12.1. The van der Waals surface area contributed by atoms with Crippen LogP contribution in [0, 0.1) is 6.92 Å². The van der Waals surface area contributed by atoms with Gasteiger partial charge in [-0.3, -0.25) is 4.79 Å². The zero-order valence-corrected chi connectivity index (χ0v) is 11.9. The van der Waals surface area contributed by atoms with Gasteiger partial charge in [-0.05, 0) is 25.3 Å². The average molecular weight is 249 g/mol. The van der Waals surface area contributed by atoms with Gasteiger partial charge in [-0.25, -0.2) is 4.57 Å². The van der Waals surface area contributed by atoms with Gasteiger partial charge in [-0.1, -0.05) is 13.8 Å². The Balaban J connectivity index is 2.45. The minimum atomic E-state index is 0.270. The van der Waals surface area contributed by atoms with Crippen LogP contribution in [0.2, 0.25) is 0 Å². The number of rotatable bonds is 7. The summed E-state index contributed by atoms with van der Waals surface area (Å²) in [6.45, 7) is 8.83. The topological polar surface area (TPSA) is 24.2 Å². The Morgan fingerprint density at radius 3 is 2.22 bits per heavy atom. The molecule has 100 valence electrons. The van der Waals surface area contributed by atoms with Gasteiger partial charge in [0, 0.05) is 25.2 Å². The lowest BCUT2D eigenvalue weighted by Crippen LogP contribution is -2.38. The molecule has 0 N–H and O–H groups in total. The van der Waals surface area contributed by atoms with Crippen LogP contribution in [0.4, 0.5) is 0 Å². The molecule has 0 aliphatic carbocycles. The summed E-state index contributed by atoms with van der Waals surface area (Å²) >= 11 is 0. The van der Waals surface area contributed by atoms with E-state index in [1.54, 1.807) is 0 Å². The summed E-state index contributed by atoms with van der Waals surface area (Å²) in [4.78, 5) is 14.1. The number of hydrogen-bond donors (Lipinski definition) is 0. The lowest BCUT2D eigenvalue weighted by Gasteiger charge is -2.20. The summed E-state index contributed by atoms with van der Waals surface area (Å²) in [6, 6.07) is 4.14. The average Bonchev–Trinajstić information content (AvgIpc) is 2.37. The van der Waals surface area contributed by atoms with Crippen molar-refractivity contribution in [2.24, 2.45) is 0 Å². The zero-order valence-electron chi connectivity index (χ0n) is 11.9. The molecule has 0 saturated carbocycles. The normalized spacial score (nSPS) is 10.4. The number of hydrogen-bond acceptors (Lipinski definition) is 1. The molecular formula is C15H25N2O+. The highest BCUT2D eigenvalue weighted by Gasteiger charge is 2.13. The largest absolute Gasteiger partial charge is 0.343 e. The predicted molar refractivity (Wildman–Crippen MR) is 73.2 cm³/mol. The number of aromatic nitrogens is 1. The van der Waals surface area contributed by atoms with Crippen molar-refractivity contribution in [1.82, 2.24) is 4.90 Å². The summed E-state index contributed by atoms with van der Waals surface area (Å²) in [5, 5.41) is 0. The van der Waals surface area contributed by atoms with E-state index in [9.17, 15) is 4.79 Å². The van der Waals surface area contributed by atoms with Gasteiger partial charge in [0.15, 0.2) is 18.9 Å². The van der Waals surface area contributed by atoms with Gasteiger partial charge in [0.05, 0.1) is 6.42 Å². The molecule has 1 rings (SSSR count). The van der Waals surface area contributed by atoms with Crippen molar-refractivity contribution in [3.05, 3.63) is 30.1 Å². The Morgan fingerprint density at radius 1 is 1.17 bits per heavy atom. The first kappa shape index (κ1) is 14.7. The first-order valence-electron chi connectivity index (χ1n) is 6.90. The minimum absolute atomic E-state index is 0.270. The minimum Gasteiger partial charge on any atom is -0.343 e. The second-order valence-electron chi connectivity index (χ2n) is 4.74. The van der Waals surface area contributed by atoms with Gasteiger partial charge in [0.2, 0.25) is 5.91 Å². The van der Waals surface area contributed by atoms with E-state index < -0.39 is 0 Å². The summed E-state index contributed by atoms with van der Waals surface area (Å²) in [5.41, 5.74) is 1.25. The summed E-state index contributed by atoms with van der Waals surface area (Å²) in [7, 11) is 0. The highest BCUT2D eigenvalue weighted by atomic mass is 16.2. The molecular weight excluding hydrogens is 224 g/mol. The third-order valence-corrected chi connectivity index (χ3v) is 2.98. The molecule has 0 radical (unpaired) electrons. The van der Waals surface area contributed by atoms with E-state index in [4.69, 9.17) is 0 Å². The molecule has 0 aromatic carbocycles. The van der Waals surface area contributed by atoms with E-state index in [-0.39, 0.29) is 5.91 Å². The fourth-order valence-corrected chi connectivity index (χ4v) is 1.96. The van der Waals surface area contributed by atoms with Crippen LogP contribution >= 0.6 is 0 Å². The lowest BCUT2D eigenvalue weighted by molar-refractivity contribution is -0.696. The molecule has 0 fully saturated rings. The van der Waals surface area contributed by atoms with Crippen molar-refractivity contribution in [1.29, 1.82) is 0 Å². The van der Waals surface area contributed by atoms with Crippen molar-refractivity contribution in [3.63, 3.8) is 0 Å². The summed E-state index contributed by atoms with van der Waals surface area (Å²) in [6.07, 6.45) is 6.72.